The molecular formula is C29H39N5O5. The quantitative estimate of drug-likeness (QED) is 0.295. The second-order valence-electron chi connectivity index (χ2n) is 11.7. The number of fused-ring (bicyclic) bond motifs is 1. The number of aromatic nitrogens is 2. The number of ketones is 2. The Morgan fingerprint density at radius 1 is 1.10 bits per heavy atom. The van der Waals surface area contributed by atoms with Gasteiger partial charge in [0.05, 0.1) is 23.3 Å². The first-order chi connectivity index (χ1) is 18.3. The first-order valence-electron chi connectivity index (χ1n) is 13.5. The van der Waals surface area contributed by atoms with Crippen LogP contribution in [-0.2, 0) is 19.2 Å². The summed E-state index contributed by atoms with van der Waals surface area (Å²) in [5.74, 6) is -3.87. The van der Waals surface area contributed by atoms with E-state index < -0.39 is 41.0 Å². The van der Waals surface area contributed by atoms with E-state index >= 15 is 0 Å². The Kier molecular flexibility index (Phi) is 9.88. The van der Waals surface area contributed by atoms with E-state index in [9.17, 15) is 24.0 Å². The maximum absolute atomic E-state index is 13.5. The van der Waals surface area contributed by atoms with Crippen molar-refractivity contribution in [3.8, 4) is 0 Å². The van der Waals surface area contributed by atoms with Crippen LogP contribution in [0.5, 0.6) is 0 Å². The lowest BCUT2D eigenvalue weighted by atomic mass is 9.87. The largest absolute Gasteiger partial charge is 0.356 e. The van der Waals surface area contributed by atoms with E-state index in [1.165, 1.54) is 6.20 Å². The molecule has 0 unspecified atom stereocenters. The van der Waals surface area contributed by atoms with E-state index in [2.05, 4.69) is 25.9 Å². The zero-order chi connectivity index (χ0) is 28.7. The maximum Gasteiger partial charge on any atom is 0.290 e. The summed E-state index contributed by atoms with van der Waals surface area (Å²) in [5.41, 5.74) is 0.741. The summed E-state index contributed by atoms with van der Waals surface area (Å²) in [7, 11) is 0. The van der Waals surface area contributed by atoms with Crippen LogP contribution in [0, 0.1) is 17.8 Å². The normalized spacial score (nSPS) is 17.3. The van der Waals surface area contributed by atoms with Gasteiger partial charge in [-0.15, -0.1) is 0 Å². The van der Waals surface area contributed by atoms with E-state index in [1.807, 2.05) is 19.9 Å². The molecule has 0 radical (unpaired) electrons. The first-order valence-corrected chi connectivity index (χ1v) is 13.5. The summed E-state index contributed by atoms with van der Waals surface area (Å²) in [6.45, 7) is 9.68. The van der Waals surface area contributed by atoms with Crippen molar-refractivity contribution in [3.63, 3.8) is 0 Å². The number of amides is 3. The second kappa shape index (κ2) is 12.9. The van der Waals surface area contributed by atoms with Gasteiger partial charge in [0.2, 0.25) is 17.6 Å². The number of piperidine rings is 1. The SMILES string of the molecule is CC(C)C[C@H](CC(=O)c1cnc2ccccc2n1)C(=O)N[C@@H](C[C@@H]1CCCNC1=O)C(=O)C(=O)NC(C)(C)C. The monoisotopic (exact) mass is 537 g/mol. The number of benzene rings is 1. The molecule has 1 aliphatic heterocycles. The van der Waals surface area contributed by atoms with Gasteiger partial charge < -0.3 is 16.0 Å². The van der Waals surface area contributed by atoms with Gasteiger partial charge in [0.25, 0.3) is 5.91 Å². The van der Waals surface area contributed by atoms with Crippen molar-refractivity contribution in [3.05, 3.63) is 36.2 Å². The Labute approximate surface area is 229 Å². The molecule has 1 fully saturated rings. The Morgan fingerprint density at radius 3 is 2.44 bits per heavy atom. The molecule has 210 valence electrons. The summed E-state index contributed by atoms with van der Waals surface area (Å²) in [6, 6.07) is 6.00. The van der Waals surface area contributed by atoms with Crippen LogP contribution >= 0.6 is 0 Å². The average molecular weight is 538 g/mol. The molecular weight excluding hydrogens is 498 g/mol. The number of Topliss-reactive ketones (excluding diaryl/α,β-unsaturated/α-hetero) is 2. The molecule has 0 aliphatic carbocycles. The molecule has 3 amide bonds. The maximum atomic E-state index is 13.5. The molecule has 1 aromatic carbocycles. The molecule has 10 nitrogen and oxygen atoms in total. The van der Waals surface area contributed by atoms with E-state index in [1.54, 1.807) is 39.0 Å². The summed E-state index contributed by atoms with van der Waals surface area (Å²) < 4.78 is 0. The zero-order valence-electron chi connectivity index (χ0n) is 23.4. The number of rotatable bonds is 11. The van der Waals surface area contributed by atoms with Crippen molar-refractivity contribution in [2.45, 2.75) is 78.3 Å². The van der Waals surface area contributed by atoms with Crippen LogP contribution in [0.1, 0.15) is 77.2 Å². The van der Waals surface area contributed by atoms with Crippen LogP contribution in [0.15, 0.2) is 30.5 Å². The molecule has 3 N–H and O–H groups in total. The highest BCUT2D eigenvalue weighted by Crippen LogP contribution is 2.22. The molecule has 3 atom stereocenters. The highest BCUT2D eigenvalue weighted by Gasteiger charge is 2.36. The van der Waals surface area contributed by atoms with Gasteiger partial charge in [-0.1, -0.05) is 26.0 Å². The molecule has 2 heterocycles. The third-order valence-corrected chi connectivity index (χ3v) is 6.56. The summed E-state index contributed by atoms with van der Waals surface area (Å²) in [5, 5.41) is 8.15. The zero-order valence-corrected chi connectivity index (χ0v) is 23.4. The lowest BCUT2D eigenvalue weighted by molar-refractivity contribution is -0.142. The number of carbonyl (C=O) groups is 5. The van der Waals surface area contributed by atoms with Crippen LogP contribution < -0.4 is 16.0 Å². The van der Waals surface area contributed by atoms with Crippen LogP contribution in [0.4, 0.5) is 0 Å². The van der Waals surface area contributed by atoms with Gasteiger partial charge in [-0.05, 0) is 64.5 Å². The van der Waals surface area contributed by atoms with Gasteiger partial charge in [0, 0.05) is 30.3 Å². The Hall–Kier alpha value is -3.69. The minimum atomic E-state index is -1.20. The highest BCUT2D eigenvalue weighted by molar-refractivity contribution is 6.38. The molecule has 1 aromatic heterocycles. The van der Waals surface area contributed by atoms with Crippen LogP contribution in [0.25, 0.3) is 11.0 Å². The topological polar surface area (TPSA) is 147 Å². The Bertz CT molecular complexity index is 1240. The summed E-state index contributed by atoms with van der Waals surface area (Å²) in [4.78, 5) is 73.7. The lowest BCUT2D eigenvalue weighted by Gasteiger charge is -2.28. The van der Waals surface area contributed by atoms with Gasteiger partial charge >= 0.3 is 0 Å². The number of nitrogens with one attached hydrogen (secondary N) is 3. The molecule has 0 saturated carbocycles. The number of carbonyl (C=O) groups excluding carboxylic acids is 5. The first kappa shape index (κ1) is 29.9. The molecule has 0 spiro atoms. The fraction of sp³-hybridized carbons (Fsp3) is 0.552. The number of hydrogen-bond acceptors (Lipinski definition) is 7. The molecule has 1 saturated heterocycles. The van der Waals surface area contributed by atoms with Crippen molar-refractivity contribution >= 4 is 40.3 Å². The lowest BCUT2D eigenvalue weighted by Crippen LogP contribution is -2.54. The van der Waals surface area contributed by atoms with Crippen LogP contribution in [0.3, 0.4) is 0 Å². The number of hydrogen-bond donors (Lipinski definition) is 3. The molecule has 2 aromatic rings. The molecule has 3 rings (SSSR count). The third-order valence-electron chi connectivity index (χ3n) is 6.56. The van der Waals surface area contributed by atoms with Crippen molar-refractivity contribution in [1.82, 2.24) is 25.9 Å². The van der Waals surface area contributed by atoms with Gasteiger partial charge in [-0.2, -0.15) is 0 Å². The van der Waals surface area contributed by atoms with Gasteiger partial charge in [0.1, 0.15) is 5.69 Å². The number of nitrogens with zero attached hydrogens (tertiary/aromatic N) is 2. The van der Waals surface area contributed by atoms with E-state index in [4.69, 9.17) is 0 Å². The predicted molar refractivity (Wildman–Crippen MR) is 147 cm³/mol. The van der Waals surface area contributed by atoms with Crippen LogP contribution in [-0.4, -0.2) is 57.4 Å². The fourth-order valence-corrected chi connectivity index (χ4v) is 4.70. The Balaban J connectivity index is 1.80. The van der Waals surface area contributed by atoms with E-state index in [0.717, 1.165) is 6.42 Å². The minimum Gasteiger partial charge on any atom is -0.356 e. The highest BCUT2D eigenvalue weighted by atomic mass is 16.2. The molecule has 39 heavy (non-hydrogen) atoms. The Morgan fingerprint density at radius 2 is 1.79 bits per heavy atom. The van der Waals surface area contributed by atoms with Crippen LogP contribution in [0.2, 0.25) is 0 Å². The van der Waals surface area contributed by atoms with Gasteiger partial charge in [0.15, 0.2) is 5.78 Å². The van der Waals surface area contributed by atoms with Crippen molar-refractivity contribution in [2.75, 3.05) is 6.54 Å². The van der Waals surface area contributed by atoms with E-state index in [0.29, 0.717) is 30.4 Å². The summed E-state index contributed by atoms with van der Waals surface area (Å²) >= 11 is 0. The molecule has 10 heteroatoms. The standard InChI is InChI=1S/C29H39N5O5/c1-17(2)13-19(15-24(35)23-16-31-20-10-6-7-11-21(20)32-23)27(38)33-22(14-18-9-8-12-30-26(18)37)25(36)28(39)34-29(3,4)5/h6-7,10-11,16-19,22H,8-9,12-15H2,1-5H3,(H,30,37)(H,33,38)(H,34,39)/t18-,19+,22-/m0/s1. The average Bonchev–Trinajstić information content (AvgIpc) is 2.87. The molecule has 1 aliphatic rings. The molecule has 0 bridgehead atoms. The van der Waals surface area contributed by atoms with Gasteiger partial charge in [-0.25, -0.2) is 4.98 Å². The van der Waals surface area contributed by atoms with Crippen molar-refractivity contribution < 1.29 is 24.0 Å². The fourth-order valence-electron chi connectivity index (χ4n) is 4.70. The smallest absolute Gasteiger partial charge is 0.290 e. The minimum absolute atomic E-state index is 0.00641. The second-order valence-corrected chi connectivity index (χ2v) is 11.7. The predicted octanol–water partition coefficient (Wildman–Crippen LogP) is 2.75. The summed E-state index contributed by atoms with van der Waals surface area (Å²) in [6.07, 6.45) is 2.97. The van der Waals surface area contributed by atoms with E-state index in [-0.39, 0.29) is 36.1 Å². The third kappa shape index (κ3) is 8.66. The van der Waals surface area contributed by atoms with Gasteiger partial charge in [-0.3, -0.25) is 29.0 Å². The van der Waals surface area contributed by atoms with Crippen molar-refractivity contribution in [2.24, 2.45) is 17.8 Å². The number of para-hydroxylation sites is 2. The van der Waals surface area contributed by atoms with Crippen molar-refractivity contribution in [1.29, 1.82) is 0 Å².